The largest absolute Gasteiger partial charge is 0.496 e. The van der Waals surface area contributed by atoms with Gasteiger partial charge < -0.3 is 9.47 Å². The highest BCUT2D eigenvalue weighted by atomic mass is 19.1. The molecule has 0 aliphatic rings. The van der Waals surface area contributed by atoms with Crippen LogP contribution in [0.3, 0.4) is 0 Å². The summed E-state index contributed by atoms with van der Waals surface area (Å²) in [6.07, 6.45) is 0. The summed E-state index contributed by atoms with van der Waals surface area (Å²) in [5, 5.41) is 0. The van der Waals surface area contributed by atoms with Gasteiger partial charge in [0.2, 0.25) is 0 Å². The van der Waals surface area contributed by atoms with Crippen LogP contribution in [-0.4, -0.2) is 12.9 Å². The lowest BCUT2D eigenvalue weighted by Crippen LogP contribution is -2.03. The summed E-state index contributed by atoms with van der Waals surface area (Å²) in [5.74, 6) is 0.592. The van der Waals surface area contributed by atoms with Crippen LogP contribution in [0.1, 0.15) is 22.8 Å². The number of benzene rings is 2. The summed E-state index contributed by atoms with van der Waals surface area (Å²) < 4.78 is 24.0. The van der Waals surface area contributed by atoms with E-state index in [0.717, 1.165) is 0 Å². The Kier molecular flexibility index (Phi) is 4.35. The van der Waals surface area contributed by atoms with Crippen LogP contribution in [0, 0.1) is 5.82 Å². The fourth-order valence-corrected chi connectivity index (χ4v) is 1.90. The van der Waals surface area contributed by atoms with E-state index in [1.165, 1.54) is 26.2 Å². The van der Waals surface area contributed by atoms with E-state index < -0.39 is 0 Å². The third kappa shape index (κ3) is 3.15. The third-order valence-electron chi connectivity index (χ3n) is 2.89. The maximum atomic E-state index is 13.3. The van der Waals surface area contributed by atoms with Crippen LogP contribution >= 0.6 is 0 Å². The fourth-order valence-electron chi connectivity index (χ4n) is 1.90. The fraction of sp³-hybridized carbons (Fsp3) is 0.188. The van der Waals surface area contributed by atoms with Gasteiger partial charge in [0.1, 0.15) is 23.9 Å². The van der Waals surface area contributed by atoms with Gasteiger partial charge in [0.15, 0.2) is 5.78 Å². The molecule has 0 spiro atoms. The van der Waals surface area contributed by atoms with E-state index in [9.17, 15) is 9.18 Å². The SMILES string of the molecule is COc1ccc(F)cc1COc1ccccc1C(C)=O. The lowest BCUT2D eigenvalue weighted by Gasteiger charge is -2.12. The number of methoxy groups -OCH3 is 1. The number of hydrogen-bond donors (Lipinski definition) is 0. The summed E-state index contributed by atoms with van der Waals surface area (Å²) in [5.41, 5.74) is 1.09. The highest BCUT2D eigenvalue weighted by molar-refractivity contribution is 5.96. The molecule has 0 bridgehead atoms. The average molecular weight is 274 g/mol. The van der Waals surface area contributed by atoms with E-state index in [2.05, 4.69) is 0 Å². The van der Waals surface area contributed by atoms with Gasteiger partial charge in [0.05, 0.1) is 12.7 Å². The highest BCUT2D eigenvalue weighted by Crippen LogP contribution is 2.24. The zero-order valence-electron chi connectivity index (χ0n) is 11.4. The molecule has 0 saturated heterocycles. The molecule has 0 aliphatic carbocycles. The Morgan fingerprint density at radius 3 is 2.60 bits per heavy atom. The molecule has 0 fully saturated rings. The van der Waals surface area contributed by atoms with Crippen molar-refractivity contribution in [2.24, 2.45) is 0 Å². The number of halogens is 1. The first-order valence-electron chi connectivity index (χ1n) is 6.17. The smallest absolute Gasteiger partial charge is 0.163 e. The summed E-state index contributed by atoms with van der Waals surface area (Å²) in [7, 11) is 1.51. The van der Waals surface area contributed by atoms with Crippen LogP contribution in [0.25, 0.3) is 0 Å². The van der Waals surface area contributed by atoms with E-state index in [4.69, 9.17) is 9.47 Å². The van der Waals surface area contributed by atoms with Crippen LogP contribution in [0.15, 0.2) is 42.5 Å². The second kappa shape index (κ2) is 6.19. The van der Waals surface area contributed by atoms with E-state index >= 15 is 0 Å². The molecule has 0 aliphatic heterocycles. The quantitative estimate of drug-likeness (QED) is 0.781. The molecule has 2 aromatic rings. The van der Waals surface area contributed by atoms with Crippen molar-refractivity contribution in [1.29, 1.82) is 0 Å². The highest BCUT2D eigenvalue weighted by Gasteiger charge is 2.10. The average Bonchev–Trinajstić information content (AvgIpc) is 2.45. The minimum absolute atomic E-state index is 0.0770. The molecular weight excluding hydrogens is 259 g/mol. The number of rotatable bonds is 5. The summed E-state index contributed by atoms with van der Waals surface area (Å²) in [6.45, 7) is 1.61. The van der Waals surface area contributed by atoms with Gasteiger partial charge >= 0.3 is 0 Å². The normalized spacial score (nSPS) is 10.2. The molecule has 20 heavy (non-hydrogen) atoms. The van der Waals surface area contributed by atoms with Gasteiger partial charge in [-0.2, -0.15) is 0 Å². The van der Waals surface area contributed by atoms with Gasteiger partial charge in [0, 0.05) is 5.56 Å². The molecule has 0 radical (unpaired) electrons. The van der Waals surface area contributed by atoms with Crippen molar-refractivity contribution in [2.45, 2.75) is 13.5 Å². The predicted octanol–water partition coefficient (Wildman–Crippen LogP) is 3.62. The number of carbonyl (C=O) groups is 1. The topological polar surface area (TPSA) is 35.5 Å². The maximum Gasteiger partial charge on any atom is 0.163 e. The molecule has 0 N–H and O–H groups in total. The molecule has 3 nitrogen and oxygen atoms in total. The van der Waals surface area contributed by atoms with E-state index in [1.807, 2.05) is 0 Å². The Morgan fingerprint density at radius 2 is 1.90 bits per heavy atom. The Balaban J connectivity index is 2.21. The number of hydrogen-bond acceptors (Lipinski definition) is 3. The first kappa shape index (κ1) is 14.1. The van der Waals surface area contributed by atoms with Crippen LogP contribution in [-0.2, 0) is 6.61 Å². The van der Waals surface area contributed by atoms with Crippen LogP contribution in [0.2, 0.25) is 0 Å². The zero-order valence-corrected chi connectivity index (χ0v) is 11.4. The molecule has 0 unspecified atom stereocenters. The first-order chi connectivity index (χ1) is 9.61. The molecule has 2 rings (SSSR count). The van der Waals surface area contributed by atoms with Crippen molar-refractivity contribution in [3.8, 4) is 11.5 Å². The van der Waals surface area contributed by atoms with Crippen molar-refractivity contribution < 1.29 is 18.7 Å². The van der Waals surface area contributed by atoms with Gasteiger partial charge in [-0.25, -0.2) is 4.39 Å². The van der Waals surface area contributed by atoms with Gasteiger partial charge in [-0.1, -0.05) is 12.1 Å². The lowest BCUT2D eigenvalue weighted by molar-refractivity contribution is 0.101. The molecule has 0 aromatic heterocycles. The summed E-state index contributed by atoms with van der Waals surface area (Å²) in [4.78, 5) is 11.5. The van der Waals surface area contributed by atoms with Gasteiger partial charge in [-0.3, -0.25) is 4.79 Å². The van der Waals surface area contributed by atoms with E-state index in [1.54, 1.807) is 30.3 Å². The van der Waals surface area contributed by atoms with Crippen molar-refractivity contribution in [1.82, 2.24) is 0 Å². The molecule has 0 atom stereocenters. The number of ether oxygens (including phenoxy) is 2. The third-order valence-corrected chi connectivity index (χ3v) is 2.89. The second-order valence-electron chi connectivity index (χ2n) is 4.30. The standard InChI is InChI=1S/C16H15FO3/c1-11(18)14-5-3-4-6-16(14)20-10-12-9-13(17)7-8-15(12)19-2/h3-9H,10H2,1-2H3. The van der Waals surface area contributed by atoms with Gasteiger partial charge in [-0.05, 0) is 37.3 Å². The maximum absolute atomic E-state index is 13.3. The molecule has 2 aromatic carbocycles. The second-order valence-corrected chi connectivity index (χ2v) is 4.30. The van der Waals surface area contributed by atoms with Crippen LogP contribution < -0.4 is 9.47 Å². The van der Waals surface area contributed by atoms with Crippen molar-refractivity contribution in [3.63, 3.8) is 0 Å². The van der Waals surface area contributed by atoms with E-state index in [0.29, 0.717) is 22.6 Å². The minimum Gasteiger partial charge on any atom is -0.496 e. The van der Waals surface area contributed by atoms with Gasteiger partial charge in [-0.15, -0.1) is 0 Å². The molecule has 0 heterocycles. The molecule has 4 heteroatoms. The van der Waals surface area contributed by atoms with Crippen molar-refractivity contribution >= 4 is 5.78 Å². The zero-order chi connectivity index (χ0) is 14.5. The summed E-state index contributed by atoms with van der Waals surface area (Å²) in [6, 6.07) is 11.2. The molecule has 104 valence electrons. The molecule has 0 amide bonds. The molecular formula is C16H15FO3. The minimum atomic E-state index is -0.357. The number of Topliss-reactive ketones (excluding diaryl/α,β-unsaturated/α-hetero) is 1. The summed E-state index contributed by atoms with van der Waals surface area (Å²) >= 11 is 0. The Labute approximate surface area is 117 Å². The van der Waals surface area contributed by atoms with Crippen LogP contribution in [0.5, 0.6) is 11.5 Å². The lowest BCUT2D eigenvalue weighted by atomic mass is 10.1. The Hall–Kier alpha value is -2.36. The number of para-hydroxylation sites is 1. The van der Waals surface area contributed by atoms with Gasteiger partial charge in [0.25, 0.3) is 0 Å². The predicted molar refractivity (Wildman–Crippen MR) is 73.7 cm³/mol. The monoisotopic (exact) mass is 274 g/mol. The van der Waals surface area contributed by atoms with Crippen LogP contribution in [0.4, 0.5) is 4.39 Å². The van der Waals surface area contributed by atoms with E-state index in [-0.39, 0.29) is 18.2 Å². The first-order valence-corrected chi connectivity index (χ1v) is 6.17. The Morgan fingerprint density at radius 1 is 1.15 bits per heavy atom. The number of carbonyl (C=O) groups excluding carboxylic acids is 1. The van der Waals surface area contributed by atoms with Crippen molar-refractivity contribution in [3.05, 3.63) is 59.4 Å². The Bertz CT molecular complexity index is 623. The number of ketones is 1. The van der Waals surface area contributed by atoms with Crippen molar-refractivity contribution in [2.75, 3.05) is 7.11 Å². The molecule has 0 saturated carbocycles.